The molecule has 152 valence electrons. The lowest BCUT2D eigenvalue weighted by atomic mass is 9.89. The van der Waals surface area contributed by atoms with Gasteiger partial charge in [-0.25, -0.2) is 0 Å². The van der Waals surface area contributed by atoms with Gasteiger partial charge in [-0.15, -0.1) is 0 Å². The van der Waals surface area contributed by atoms with Gasteiger partial charge in [0.1, 0.15) is 5.84 Å². The van der Waals surface area contributed by atoms with E-state index < -0.39 is 0 Å². The maximum Gasteiger partial charge on any atom is 0.120 e. The van der Waals surface area contributed by atoms with E-state index in [1.165, 1.54) is 51.6 Å². The van der Waals surface area contributed by atoms with Gasteiger partial charge in [-0.3, -0.25) is 15.5 Å². The topological polar surface area (TPSA) is 72.0 Å². The van der Waals surface area contributed by atoms with Crippen molar-refractivity contribution in [2.45, 2.75) is 51.5 Å². The average molecular weight is 383 g/mol. The summed E-state index contributed by atoms with van der Waals surface area (Å²) in [4.78, 5) is 4.93. The van der Waals surface area contributed by atoms with Crippen LogP contribution in [0, 0.1) is 29.6 Å². The van der Waals surface area contributed by atoms with Crippen LogP contribution in [-0.2, 0) is 7.05 Å². The summed E-state index contributed by atoms with van der Waals surface area (Å²) in [7, 11) is 1.86. The number of amidine groups is 1. The van der Waals surface area contributed by atoms with Crippen molar-refractivity contribution in [2.75, 3.05) is 26.2 Å². The zero-order valence-corrected chi connectivity index (χ0v) is 17.3. The third kappa shape index (κ3) is 3.93. The maximum absolute atomic E-state index is 8.58. The van der Waals surface area contributed by atoms with Crippen molar-refractivity contribution in [1.82, 2.24) is 19.6 Å². The van der Waals surface area contributed by atoms with Gasteiger partial charge in [0.15, 0.2) is 0 Å². The molecule has 3 fully saturated rings. The van der Waals surface area contributed by atoms with Gasteiger partial charge in [-0.05, 0) is 55.7 Å². The summed E-state index contributed by atoms with van der Waals surface area (Å²) in [5.41, 5.74) is 2.24. The van der Waals surface area contributed by atoms with E-state index >= 15 is 0 Å². The van der Waals surface area contributed by atoms with Crippen LogP contribution in [0.1, 0.15) is 49.8 Å². The third-order valence-electron chi connectivity index (χ3n) is 6.96. The minimum absolute atomic E-state index is 0.420. The number of likely N-dealkylation sites (tertiary alicyclic amines) is 2. The quantitative estimate of drug-likeness (QED) is 0.607. The lowest BCUT2D eigenvalue weighted by molar-refractivity contribution is 0.216. The minimum Gasteiger partial charge on any atom is -0.352 e. The summed E-state index contributed by atoms with van der Waals surface area (Å²) in [6.07, 6.45) is 13.6. The highest BCUT2D eigenvalue weighted by Crippen LogP contribution is 2.33. The summed E-state index contributed by atoms with van der Waals surface area (Å²) in [6.45, 7) is 6.52. The van der Waals surface area contributed by atoms with Gasteiger partial charge in [0.2, 0.25) is 0 Å². The van der Waals surface area contributed by atoms with Crippen LogP contribution in [0.3, 0.4) is 0 Å². The van der Waals surface area contributed by atoms with Gasteiger partial charge in [-0.1, -0.05) is 19.3 Å². The summed E-state index contributed by atoms with van der Waals surface area (Å²) in [5, 5.41) is 21.1. The molecule has 2 atom stereocenters. The van der Waals surface area contributed by atoms with E-state index in [9.17, 15) is 0 Å². The molecule has 0 bridgehead atoms. The molecule has 1 aromatic heterocycles. The molecule has 0 radical (unpaired) electrons. The molecule has 3 heterocycles. The minimum atomic E-state index is 0.420. The van der Waals surface area contributed by atoms with E-state index in [1.54, 1.807) is 23.0 Å². The number of nitrogens with one attached hydrogen (secondary N) is 2. The van der Waals surface area contributed by atoms with Crippen molar-refractivity contribution in [3.8, 4) is 0 Å². The first-order valence-corrected chi connectivity index (χ1v) is 10.9. The van der Waals surface area contributed by atoms with Crippen molar-refractivity contribution in [3.63, 3.8) is 0 Å². The molecule has 1 aromatic rings. The number of hydrogen-bond acceptors (Lipinski definition) is 4. The molecule has 0 spiro atoms. The van der Waals surface area contributed by atoms with Crippen LogP contribution < -0.4 is 0 Å². The normalized spacial score (nSPS) is 26.3. The van der Waals surface area contributed by atoms with E-state index in [0.717, 1.165) is 30.3 Å². The lowest BCUT2D eigenvalue weighted by Crippen LogP contribution is -2.39. The van der Waals surface area contributed by atoms with Crippen molar-refractivity contribution in [2.24, 2.45) is 18.9 Å². The van der Waals surface area contributed by atoms with Crippen molar-refractivity contribution < 1.29 is 0 Å². The van der Waals surface area contributed by atoms with Gasteiger partial charge < -0.3 is 9.80 Å². The average Bonchev–Trinajstić information content (AvgIpc) is 3.34. The molecule has 4 rings (SSSR count). The van der Waals surface area contributed by atoms with E-state index in [0.29, 0.717) is 23.5 Å². The van der Waals surface area contributed by atoms with Crippen LogP contribution in [0.15, 0.2) is 18.3 Å². The van der Waals surface area contributed by atoms with Crippen molar-refractivity contribution in [1.29, 1.82) is 10.8 Å². The third-order valence-corrected chi connectivity index (χ3v) is 6.96. The van der Waals surface area contributed by atoms with Crippen LogP contribution in [-0.4, -0.2) is 63.3 Å². The Morgan fingerprint density at radius 3 is 2.64 bits per heavy atom. The summed E-state index contributed by atoms with van der Waals surface area (Å²) in [5.74, 6) is 2.15. The SMILES string of the molecule is Cc1cnn(C)c1C(=N)/C=C\C(=N)N1CCC2CN(CC3CCCCC3)CC21. The molecule has 3 aliphatic rings. The van der Waals surface area contributed by atoms with Crippen LogP contribution in [0.25, 0.3) is 0 Å². The second-order valence-corrected chi connectivity index (χ2v) is 8.96. The van der Waals surface area contributed by atoms with E-state index in [2.05, 4.69) is 14.9 Å². The fourth-order valence-corrected chi connectivity index (χ4v) is 5.50. The Bertz CT molecular complexity index is 738. The second kappa shape index (κ2) is 8.19. The number of allylic oxidation sites excluding steroid dienone is 1. The first-order chi connectivity index (χ1) is 13.5. The van der Waals surface area contributed by atoms with E-state index in [1.807, 2.05) is 14.0 Å². The monoisotopic (exact) mass is 382 g/mol. The Labute approximate surface area is 168 Å². The maximum atomic E-state index is 8.58. The van der Waals surface area contributed by atoms with Gasteiger partial charge in [0, 0.05) is 39.3 Å². The van der Waals surface area contributed by atoms with E-state index in [4.69, 9.17) is 10.8 Å². The Balaban J connectivity index is 1.34. The number of aryl methyl sites for hydroxylation is 2. The number of fused-ring (bicyclic) bond motifs is 1. The van der Waals surface area contributed by atoms with Gasteiger partial charge in [0.25, 0.3) is 0 Å². The number of rotatable bonds is 5. The molecule has 6 heteroatoms. The Hall–Kier alpha value is -1.95. The van der Waals surface area contributed by atoms with Gasteiger partial charge >= 0.3 is 0 Å². The summed E-state index contributed by atoms with van der Waals surface area (Å²) in [6, 6.07) is 0.480. The smallest absolute Gasteiger partial charge is 0.120 e. The highest BCUT2D eigenvalue weighted by molar-refractivity contribution is 6.09. The molecular weight excluding hydrogens is 348 g/mol. The first-order valence-electron chi connectivity index (χ1n) is 10.9. The molecule has 0 aromatic carbocycles. The first kappa shape index (κ1) is 19.4. The number of hydrogen-bond donors (Lipinski definition) is 2. The lowest BCUT2D eigenvalue weighted by Gasteiger charge is -2.29. The summed E-state index contributed by atoms with van der Waals surface area (Å²) < 4.78 is 1.73. The zero-order valence-electron chi connectivity index (χ0n) is 17.3. The fraction of sp³-hybridized carbons (Fsp3) is 0.682. The van der Waals surface area contributed by atoms with Crippen LogP contribution in [0.5, 0.6) is 0 Å². The molecular formula is C22H34N6. The van der Waals surface area contributed by atoms with E-state index in [-0.39, 0.29) is 0 Å². The van der Waals surface area contributed by atoms with Crippen molar-refractivity contribution >= 4 is 11.5 Å². The molecule has 28 heavy (non-hydrogen) atoms. The van der Waals surface area contributed by atoms with Gasteiger partial charge in [0.05, 0.1) is 17.6 Å². The molecule has 1 aliphatic carbocycles. The predicted molar refractivity (Wildman–Crippen MR) is 113 cm³/mol. The van der Waals surface area contributed by atoms with Crippen LogP contribution in [0.4, 0.5) is 0 Å². The molecule has 2 N–H and O–H groups in total. The number of aromatic nitrogens is 2. The zero-order chi connectivity index (χ0) is 19.7. The fourth-order valence-electron chi connectivity index (χ4n) is 5.50. The van der Waals surface area contributed by atoms with Crippen LogP contribution in [0.2, 0.25) is 0 Å². The predicted octanol–water partition coefficient (Wildman–Crippen LogP) is 3.22. The molecule has 2 unspecified atom stereocenters. The Morgan fingerprint density at radius 1 is 1.14 bits per heavy atom. The standard InChI is InChI=1S/C22H34N6/c1-16-12-25-26(2)22(16)19(23)8-9-21(24)28-11-10-18-14-27(15-20(18)28)13-17-6-4-3-5-7-17/h8-9,12,17-18,20,23-24H,3-7,10-11,13-15H2,1-2H3/b9-8-,23-19?,24-21?. The molecule has 2 aliphatic heterocycles. The Morgan fingerprint density at radius 2 is 1.93 bits per heavy atom. The summed E-state index contributed by atoms with van der Waals surface area (Å²) >= 11 is 0. The largest absolute Gasteiger partial charge is 0.352 e. The molecule has 0 amide bonds. The molecule has 1 saturated carbocycles. The van der Waals surface area contributed by atoms with Gasteiger partial charge in [-0.2, -0.15) is 5.10 Å². The molecule has 2 saturated heterocycles. The second-order valence-electron chi connectivity index (χ2n) is 8.96. The Kier molecular flexibility index (Phi) is 5.67. The number of nitrogens with zero attached hydrogens (tertiary/aromatic N) is 4. The van der Waals surface area contributed by atoms with Crippen molar-refractivity contribution in [3.05, 3.63) is 29.6 Å². The highest BCUT2D eigenvalue weighted by atomic mass is 15.3. The highest BCUT2D eigenvalue weighted by Gasteiger charge is 2.42. The molecule has 6 nitrogen and oxygen atoms in total. The van der Waals surface area contributed by atoms with Crippen LogP contribution >= 0.6 is 0 Å².